The van der Waals surface area contributed by atoms with E-state index in [1.807, 2.05) is 57.8 Å². The van der Waals surface area contributed by atoms with Crippen molar-refractivity contribution in [2.75, 3.05) is 38.2 Å². The van der Waals surface area contributed by atoms with Crippen molar-refractivity contribution in [1.29, 1.82) is 0 Å². The SMILES string of the molecule is COc1cccc(-c2nnc3c4ccccc4nc(N4CCCN(C(=O)CC(C)(C)C)CC4)n23)c1. The summed E-state index contributed by atoms with van der Waals surface area (Å²) in [4.78, 5) is 22.2. The largest absolute Gasteiger partial charge is 0.497 e. The summed E-state index contributed by atoms with van der Waals surface area (Å²) in [5, 5.41) is 10.1. The van der Waals surface area contributed by atoms with E-state index in [0.717, 1.165) is 59.1 Å². The second-order valence-electron chi connectivity index (χ2n) is 10.3. The molecule has 4 aromatic rings. The molecule has 2 aromatic heterocycles. The fraction of sp³-hybridized carbons (Fsp3) is 0.407. The van der Waals surface area contributed by atoms with Gasteiger partial charge in [0.1, 0.15) is 5.75 Å². The first-order chi connectivity index (χ1) is 16.8. The number of hydrogen-bond donors (Lipinski definition) is 0. The highest BCUT2D eigenvalue weighted by Gasteiger charge is 2.26. The van der Waals surface area contributed by atoms with E-state index in [1.54, 1.807) is 7.11 Å². The number of benzene rings is 2. The number of rotatable bonds is 4. The fourth-order valence-corrected chi connectivity index (χ4v) is 4.66. The Kier molecular flexibility index (Phi) is 6.05. The zero-order valence-electron chi connectivity index (χ0n) is 20.9. The van der Waals surface area contributed by atoms with E-state index in [2.05, 4.69) is 35.9 Å². The smallest absolute Gasteiger partial charge is 0.223 e. The summed E-state index contributed by atoms with van der Waals surface area (Å²) in [6.07, 6.45) is 1.43. The third kappa shape index (κ3) is 4.65. The van der Waals surface area contributed by atoms with Crippen LogP contribution in [0, 0.1) is 5.41 Å². The highest BCUT2D eigenvalue weighted by atomic mass is 16.5. The van der Waals surface area contributed by atoms with Gasteiger partial charge in [0.15, 0.2) is 11.5 Å². The second kappa shape index (κ2) is 9.17. The van der Waals surface area contributed by atoms with Gasteiger partial charge in [-0.1, -0.05) is 45.0 Å². The minimum atomic E-state index is -0.0245. The van der Waals surface area contributed by atoms with Crippen molar-refractivity contribution >= 4 is 28.4 Å². The predicted octanol–water partition coefficient (Wildman–Crippen LogP) is 4.43. The van der Waals surface area contributed by atoms with Crippen molar-refractivity contribution in [1.82, 2.24) is 24.5 Å². The van der Waals surface area contributed by atoms with Gasteiger partial charge in [0.2, 0.25) is 11.9 Å². The molecule has 0 bridgehead atoms. The molecule has 2 aromatic carbocycles. The number of carbonyl (C=O) groups is 1. The van der Waals surface area contributed by atoms with Crippen LogP contribution in [0.25, 0.3) is 27.9 Å². The van der Waals surface area contributed by atoms with Gasteiger partial charge in [-0.15, -0.1) is 10.2 Å². The molecule has 182 valence electrons. The Morgan fingerprint density at radius 1 is 1.00 bits per heavy atom. The fourth-order valence-electron chi connectivity index (χ4n) is 4.66. The van der Waals surface area contributed by atoms with E-state index in [4.69, 9.17) is 9.72 Å². The standard InChI is InChI=1S/C27H32N6O2/c1-27(2,3)18-23(34)31-13-8-14-32(16-15-31)26-28-22-12-6-5-11-21(22)25-30-29-24(33(25)26)19-9-7-10-20(17-19)35-4/h5-7,9-12,17H,8,13-16,18H2,1-4H3. The molecule has 1 fully saturated rings. The molecule has 1 aliphatic rings. The highest BCUT2D eigenvalue weighted by Crippen LogP contribution is 2.30. The van der Waals surface area contributed by atoms with Crippen LogP contribution in [0.15, 0.2) is 48.5 Å². The molecule has 5 rings (SSSR count). The molecule has 8 nitrogen and oxygen atoms in total. The summed E-state index contributed by atoms with van der Waals surface area (Å²) in [6, 6.07) is 15.9. The van der Waals surface area contributed by atoms with Gasteiger partial charge in [0, 0.05) is 43.5 Å². The Hall–Kier alpha value is -3.68. The summed E-state index contributed by atoms with van der Waals surface area (Å²) in [7, 11) is 1.66. The molecule has 1 aliphatic heterocycles. The van der Waals surface area contributed by atoms with Crippen molar-refractivity contribution in [3.8, 4) is 17.1 Å². The zero-order valence-corrected chi connectivity index (χ0v) is 20.9. The number of para-hydroxylation sites is 1. The van der Waals surface area contributed by atoms with Gasteiger partial charge in [-0.05, 0) is 36.1 Å². The number of nitrogens with zero attached hydrogens (tertiary/aromatic N) is 6. The third-order valence-corrected chi connectivity index (χ3v) is 6.37. The Labute approximate surface area is 205 Å². The molecule has 0 unspecified atom stereocenters. The average molecular weight is 473 g/mol. The van der Waals surface area contributed by atoms with Crippen LogP contribution < -0.4 is 9.64 Å². The number of fused-ring (bicyclic) bond motifs is 3. The van der Waals surface area contributed by atoms with E-state index in [-0.39, 0.29) is 11.3 Å². The number of amides is 1. The normalized spacial score (nSPS) is 15.0. The van der Waals surface area contributed by atoms with Gasteiger partial charge in [0.05, 0.1) is 12.6 Å². The van der Waals surface area contributed by atoms with Gasteiger partial charge < -0.3 is 14.5 Å². The van der Waals surface area contributed by atoms with Gasteiger partial charge in [-0.2, -0.15) is 0 Å². The first-order valence-corrected chi connectivity index (χ1v) is 12.1. The Bertz CT molecular complexity index is 1370. The molecule has 0 N–H and O–H groups in total. The number of carbonyl (C=O) groups excluding carboxylic acids is 1. The van der Waals surface area contributed by atoms with Crippen molar-refractivity contribution in [3.63, 3.8) is 0 Å². The van der Waals surface area contributed by atoms with Crippen molar-refractivity contribution in [3.05, 3.63) is 48.5 Å². The monoisotopic (exact) mass is 472 g/mol. The van der Waals surface area contributed by atoms with Gasteiger partial charge in [-0.3, -0.25) is 4.79 Å². The maximum absolute atomic E-state index is 12.9. The number of anilines is 1. The molecule has 0 radical (unpaired) electrons. The molecule has 1 amide bonds. The quantitative estimate of drug-likeness (QED) is 0.437. The minimum Gasteiger partial charge on any atom is -0.497 e. The molecular weight excluding hydrogens is 440 g/mol. The summed E-state index contributed by atoms with van der Waals surface area (Å²) < 4.78 is 7.49. The summed E-state index contributed by atoms with van der Waals surface area (Å²) in [6.45, 7) is 9.25. The molecule has 35 heavy (non-hydrogen) atoms. The van der Waals surface area contributed by atoms with E-state index < -0.39 is 0 Å². The van der Waals surface area contributed by atoms with E-state index in [0.29, 0.717) is 19.5 Å². The summed E-state index contributed by atoms with van der Waals surface area (Å²) in [5.41, 5.74) is 2.54. The second-order valence-corrected chi connectivity index (χ2v) is 10.3. The predicted molar refractivity (Wildman–Crippen MR) is 138 cm³/mol. The zero-order chi connectivity index (χ0) is 24.6. The van der Waals surface area contributed by atoms with Crippen LogP contribution >= 0.6 is 0 Å². The topological polar surface area (TPSA) is 75.9 Å². The van der Waals surface area contributed by atoms with Crippen LogP contribution in [0.1, 0.15) is 33.6 Å². The summed E-state index contributed by atoms with van der Waals surface area (Å²) in [5.74, 6) is 2.50. The lowest BCUT2D eigenvalue weighted by Crippen LogP contribution is -2.37. The van der Waals surface area contributed by atoms with Crippen LogP contribution in [0.5, 0.6) is 5.75 Å². The lowest BCUT2D eigenvalue weighted by molar-refractivity contribution is -0.132. The van der Waals surface area contributed by atoms with Crippen molar-refractivity contribution in [2.24, 2.45) is 5.41 Å². The first kappa shape index (κ1) is 23.1. The van der Waals surface area contributed by atoms with Crippen molar-refractivity contribution in [2.45, 2.75) is 33.6 Å². The van der Waals surface area contributed by atoms with Gasteiger partial charge in [-0.25, -0.2) is 9.38 Å². The first-order valence-electron chi connectivity index (χ1n) is 12.1. The molecule has 0 atom stereocenters. The van der Waals surface area contributed by atoms with E-state index in [9.17, 15) is 4.79 Å². The minimum absolute atomic E-state index is 0.0245. The van der Waals surface area contributed by atoms with Crippen LogP contribution in [0.2, 0.25) is 0 Å². The average Bonchev–Trinajstić information content (AvgIpc) is 3.14. The lowest BCUT2D eigenvalue weighted by atomic mass is 9.91. The van der Waals surface area contributed by atoms with Crippen LogP contribution in [-0.4, -0.2) is 63.7 Å². The Balaban J connectivity index is 1.57. The number of aromatic nitrogens is 4. The van der Waals surface area contributed by atoms with E-state index in [1.165, 1.54) is 0 Å². The molecule has 0 spiro atoms. The Morgan fingerprint density at radius 3 is 2.63 bits per heavy atom. The Morgan fingerprint density at radius 2 is 1.83 bits per heavy atom. The molecule has 0 aliphatic carbocycles. The van der Waals surface area contributed by atoms with Crippen LogP contribution in [0.4, 0.5) is 5.95 Å². The van der Waals surface area contributed by atoms with Crippen LogP contribution in [0.3, 0.4) is 0 Å². The number of hydrogen-bond acceptors (Lipinski definition) is 6. The van der Waals surface area contributed by atoms with Gasteiger partial charge >= 0.3 is 0 Å². The number of methoxy groups -OCH3 is 1. The maximum atomic E-state index is 12.9. The van der Waals surface area contributed by atoms with Crippen molar-refractivity contribution < 1.29 is 9.53 Å². The lowest BCUT2D eigenvalue weighted by Gasteiger charge is -2.26. The molecular formula is C27H32N6O2. The summed E-state index contributed by atoms with van der Waals surface area (Å²) >= 11 is 0. The van der Waals surface area contributed by atoms with Gasteiger partial charge in [0.25, 0.3) is 0 Å². The highest BCUT2D eigenvalue weighted by molar-refractivity contribution is 5.93. The molecule has 3 heterocycles. The maximum Gasteiger partial charge on any atom is 0.223 e. The van der Waals surface area contributed by atoms with E-state index >= 15 is 0 Å². The molecule has 0 saturated carbocycles. The molecule has 1 saturated heterocycles. The number of ether oxygens (including phenoxy) is 1. The molecule has 8 heteroatoms. The third-order valence-electron chi connectivity index (χ3n) is 6.37. The van der Waals surface area contributed by atoms with Crippen LogP contribution in [-0.2, 0) is 4.79 Å².